The third-order valence-electron chi connectivity index (χ3n) is 2.67. The van der Waals surface area contributed by atoms with Crippen molar-refractivity contribution in [2.24, 2.45) is 5.92 Å². The summed E-state index contributed by atoms with van der Waals surface area (Å²) in [6.45, 7) is 3.88. The van der Waals surface area contributed by atoms with Crippen LogP contribution in [-0.4, -0.2) is 31.3 Å². The Labute approximate surface area is 82.7 Å². The zero-order valence-electron chi connectivity index (χ0n) is 7.81. The molecule has 0 bridgehead atoms. The summed E-state index contributed by atoms with van der Waals surface area (Å²) in [4.78, 5) is 0. The van der Waals surface area contributed by atoms with Gasteiger partial charge in [0.1, 0.15) is 0 Å². The molecule has 0 aromatic rings. The molecule has 1 heterocycles. The molecular weight excluding hydrogens is 220 g/mol. The van der Waals surface area contributed by atoms with Gasteiger partial charge < -0.3 is 9.47 Å². The van der Waals surface area contributed by atoms with Crippen molar-refractivity contribution >= 4 is 15.9 Å². The molecule has 1 rings (SSSR count). The highest BCUT2D eigenvalue weighted by Gasteiger charge is 2.39. The van der Waals surface area contributed by atoms with Crippen LogP contribution in [0.25, 0.3) is 0 Å². The highest BCUT2D eigenvalue weighted by molar-refractivity contribution is 9.09. The maximum absolute atomic E-state index is 5.78. The summed E-state index contributed by atoms with van der Waals surface area (Å²) in [6.07, 6.45) is 2.34. The minimum Gasteiger partial charge on any atom is -0.384 e. The molecule has 0 aromatic heterocycles. The van der Waals surface area contributed by atoms with Crippen LogP contribution in [0.3, 0.4) is 0 Å². The van der Waals surface area contributed by atoms with Gasteiger partial charge in [-0.15, -0.1) is 0 Å². The van der Waals surface area contributed by atoms with Crippen LogP contribution in [-0.2, 0) is 9.47 Å². The van der Waals surface area contributed by atoms with Crippen molar-refractivity contribution in [3.05, 3.63) is 0 Å². The fourth-order valence-corrected chi connectivity index (χ4v) is 2.74. The molecule has 0 amide bonds. The lowest BCUT2D eigenvalue weighted by Crippen LogP contribution is -2.39. The summed E-state index contributed by atoms with van der Waals surface area (Å²) < 4.78 is 10.9. The third kappa shape index (κ3) is 2.01. The maximum atomic E-state index is 5.78. The maximum Gasteiger partial charge on any atom is 0.0826 e. The fraction of sp³-hybridized carbons (Fsp3) is 1.00. The fourth-order valence-electron chi connectivity index (χ4n) is 1.75. The molecule has 72 valence electrons. The van der Waals surface area contributed by atoms with E-state index in [1.165, 1.54) is 6.42 Å². The lowest BCUT2D eigenvalue weighted by atomic mass is 9.89. The summed E-state index contributed by atoms with van der Waals surface area (Å²) in [5.41, 5.74) is 0.0377. The molecule has 0 spiro atoms. The molecule has 0 aromatic carbocycles. The van der Waals surface area contributed by atoms with E-state index in [0.29, 0.717) is 5.92 Å². The summed E-state index contributed by atoms with van der Waals surface area (Å²) >= 11 is 3.52. The average molecular weight is 237 g/mol. The van der Waals surface area contributed by atoms with Crippen LogP contribution in [0.2, 0.25) is 0 Å². The first-order chi connectivity index (χ1) is 5.75. The molecule has 0 aliphatic carbocycles. The van der Waals surface area contributed by atoms with Gasteiger partial charge in [0.2, 0.25) is 0 Å². The van der Waals surface area contributed by atoms with Crippen LogP contribution < -0.4 is 0 Å². The van der Waals surface area contributed by atoms with Gasteiger partial charge in [-0.1, -0.05) is 22.9 Å². The molecule has 3 heteroatoms. The molecule has 1 fully saturated rings. The molecular formula is C9H17BrO2. The molecule has 2 unspecified atom stereocenters. The first kappa shape index (κ1) is 10.5. The number of methoxy groups -OCH3 is 1. The first-order valence-electron chi connectivity index (χ1n) is 4.44. The van der Waals surface area contributed by atoms with Gasteiger partial charge in [-0.2, -0.15) is 0 Å². The van der Waals surface area contributed by atoms with Gasteiger partial charge in [-0.25, -0.2) is 0 Å². The molecule has 1 aliphatic rings. The summed E-state index contributed by atoms with van der Waals surface area (Å²) in [7, 11) is 1.74. The van der Waals surface area contributed by atoms with Crippen molar-refractivity contribution < 1.29 is 9.47 Å². The van der Waals surface area contributed by atoms with Crippen molar-refractivity contribution in [2.75, 3.05) is 25.7 Å². The Morgan fingerprint density at radius 3 is 2.83 bits per heavy atom. The van der Waals surface area contributed by atoms with Crippen LogP contribution in [0, 0.1) is 5.92 Å². The average Bonchev–Trinajstić information content (AvgIpc) is 2.54. The summed E-state index contributed by atoms with van der Waals surface area (Å²) in [5.74, 6) is 0.476. The molecule has 1 aliphatic heterocycles. The zero-order valence-corrected chi connectivity index (χ0v) is 9.39. The normalized spacial score (nSPS) is 32.2. The molecule has 2 nitrogen and oxygen atoms in total. The number of ether oxygens (including phenoxy) is 2. The minimum atomic E-state index is 0.0377. The van der Waals surface area contributed by atoms with E-state index in [1.54, 1.807) is 7.11 Å². The second-order valence-electron chi connectivity index (χ2n) is 3.51. The van der Waals surface area contributed by atoms with Gasteiger partial charge in [-0.05, 0) is 12.8 Å². The van der Waals surface area contributed by atoms with Gasteiger partial charge in [0.25, 0.3) is 0 Å². The Kier molecular flexibility index (Phi) is 4.00. The van der Waals surface area contributed by atoms with Crippen molar-refractivity contribution in [3.8, 4) is 0 Å². The van der Waals surface area contributed by atoms with Gasteiger partial charge >= 0.3 is 0 Å². The molecule has 2 atom stereocenters. The molecule has 12 heavy (non-hydrogen) atoms. The smallest absolute Gasteiger partial charge is 0.0826 e. The highest BCUT2D eigenvalue weighted by Crippen LogP contribution is 2.34. The van der Waals surface area contributed by atoms with E-state index < -0.39 is 0 Å². The SMILES string of the molecule is COCC(C)C1(CBr)CCCO1. The quantitative estimate of drug-likeness (QED) is 0.698. The minimum absolute atomic E-state index is 0.0377. The van der Waals surface area contributed by atoms with Crippen molar-refractivity contribution in [3.63, 3.8) is 0 Å². The van der Waals surface area contributed by atoms with Crippen LogP contribution in [0.1, 0.15) is 19.8 Å². The standard InChI is InChI=1S/C9H17BrO2/c1-8(6-11-2)9(7-10)4-3-5-12-9/h8H,3-7H2,1-2H3. The van der Waals surface area contributed by atoms with E-state index in [0.717, 1.165) is 25.0 Å². The van der Waals surface area contributed by atoms with E-state index in [9.17, 15) is 0 Å². The van der Waals surface area contributed by atoms with E-state index >= 15 is 0 Å². The van der Waals surface area contributed by atoms with Crippen LogP contribution in [0.4, 0.5) is 0 Å². The number of alkyl halides is 1. The molecule has 0 saturated carbocycles. The second-order valence-corrected chi connectivity index (χ2v) is 4.07. The molecule has 0 radical (unpaired) electrons. The van der Waals surface area contributed by atoms with Crippen LogP contribution in [0.15, 0.2) is 0 Å². The van der Waals surface area contributed by atoms with E-state index in [-0.39, 0.29) is 5.60 Å². The first-order valence-corrected chi connectivity index (χ1v) is 5.56. The van der Waals surface area contributed by atoms with Crippen molar-refractivity contribution in [1.29, 1.82) is 0 Å². The van der Waals surface area contributed by atoms with Crippen LogP contribution >= 0.6 is 15.9 Å². The lowest BCUT2D eigenvalue weighted by Gasteiger charge is -2.32. The Morgan fingerprint density at radius 2 is 2.42 bits per heavy atom. The third-order valence-corrected chi connectivity index (χ3v) is 3.62. The Morgan fingerprint density at radius 1 is 1.67 bits per heavy atom. The Hall–Kier alpha value is 0.400. The Bertz CT molecular complexity index is 132. The largest absolute Gasteiger partial charge is 0.384 e. The zero-order chi connectivity index (χ0) is 9.03. The second kappa shape index (κ2) is 4.58. The van der Waals surface area contributed by atoms with Crippen molar-refractivity contribution in [1.82, 2.24) is 0 Å². The van der Waals surface area contributed by atoms with E-state index in [4.69, 9.17) is 9.47 Å². The van der Waals surface area contributed by atoms with E-state index in [1.807, 2.05) is 0 Å². The molecule has 0 N–H and O–H groups in total. The number of hydrogen-bond acceptors (Lipinski definition) is 2. The van der Waals surface area contributed by atoms with Gasteiger partial charge in [0.05, 0.1) is 12.2 Å². The monoisotopic (exact) mass is 236 g/mol. The van der Waals surface area contributed by atoms with Gasteiger partial charge in [0.15, 0.2) is 0 Å². The predicted molar refractivity (Wildman–Crippen MR) is 52.8 cm³/mol. The number of halogens is 1. The highest BCUT2D eigenvalue weighted by atomic mass is 79.9. The molecule has 1 saturated heterocycles. The topological polar surface area (TPSA) is 18.5 Å². The Balaban J connectivity index is 2.52. The lowest BCUT2D eigenvalue weighted by molar-refractivity contribution is -0.0416. The van der Waals surface area contributed by atoms with Gasteiger partial charge in [0, 0.05) is 25.0 Å². The number of hydrogen-bond donors (Lipinski definition) is 0. The summed E-state index contributed by atoms with van der Waals surface area (Å²) in [6, 6.07) is 0. The predicted octanol–water partition coefficient (Wildman–Crippen LogP) is 2.21. The van der Waals surface area contributed by atoms with Gasteiger partial charge in [-0.3, -0.25) is 0 Å². The van der Waals surface area contributed by atoms with Crippen LogP contribution in [0.5, 0.6) is 0 Å². The summed E-state index contributed by atoms with van der Waals surface area (Å²) in [5, 5.41) is 0.921. The number of rotatable bonds is 4. The van der Waals surface area contributed by atoms with E-state index in [2.05, 4.69) is 22.9 Å². The van der Waals surface area contributed by atoms with Crippen molar-refractivity contribution in [2.45, 2.75) is 25.4 Å².